The van der Waals surface area contributed by atoms with Crippen LogP contribution in [-0.2, 0) is 0 Å². The van der Waals surface area contributed by atoms with Gasteiger partial charge in [0.2, 0.25) is 0 Å². The topological polar surface area (TPSA) is 63.9 Å². The molecule has 1 aromatic heterocycles. The van der Waals surface area contributed by atoms with Crippen LogP contribution in [0.3, 0.4) is 0 Å². The van der Waals surface area contributed by atoms with E-state index < -0.39 is 0 Å². The zero-order valence-corrected chi connectivity index (χ0v) is 11.1. The Bertz CT molecular complexity index is 774. The molecule has 1 heterocycles. The summed E-state index contributed by atoms with van der Waals surface area (Å²) in [5.41, 5.74) is 9.50. The summed E-state index contributed by atoms with van der Waals surface area (Å²) in [6, 6.07) is 13.7. The highest BCUT2D eigenvalue weighted by molar-refractivity contribution is 5.90. The van der Waals surface area contributed by atoms with Crippen LogP contribution in [0.4, 0.5) is 5.69 Å². The van der Waals surface area contributed by atoms with Crippen LogP contribution in [0, 0.1) is 0 Å². The van der Waals surface area contributed by atoms with E-state index in [1.54, 1.807) is 7.11 Å². The van der Waals surface area contributed by atoms with E-state index in [9.17, 15) is 0 Å². The number of para-hydroxylation sites is 2. The third-order valence-corrected chi connectivity index (χ3v) is 3.24. The highest BCUT2D eigenvalue weighted by Crippen LogP contribution is 2.26. The lowest BCUT2D eigenvalue weighted by molar-refractivity contribution is 0.417. The quantitative estimate of drug-likeness (QED) is 0.714. The van der Waals surface area contributed by atoms with E-state index in [4.69, 9.17) is 10.5 Å². The second-order valence-corrected chi connectivity index (χ2v) is 4.45. The molecule has 100 valence electrons. The molecule has 3 aromatic rings. The van der Waals surface area contributed by atoms with Crippen LogP contribution in [-0.4, -0.2) is 17.3 Å². The number of hydrogen-bond donors (Lipinski definition) is 2. The van der Waals surface area contributed by atoms with Crippen molar-refractivity contribution in [1.29, 1.82) is 0 Å². The zero-order valence-electron chi connectivity index (χ0n) is 11.1. The summed E-state index contributed by atoms with van der Waals surface area (Å²) < 4.78 is 5.21. The average molecular weight is 265 g/mol. The van der Waals surface area contributed by atoms with Crippen molar-refractivity contribution in [3.05, 3.63) is 53.7 Å². The molecule has 0 fully saturated rings. The maximum absolute atomic E-state index is 6.04. The van der Waals surface area contributed by atoms with Crippen molar-refractivity contribution in [3.63, 3.8) is 0 Å². The number of aromatic amines is 1. The number of benzene rings is 2. The SMILES string of the molecule is COc1cccc(/C=C/c2n[nH]c3ccccc23)c1N. The molecule has 0 aliphatic rings. The number of anilines is 1. The number of nitrogens with two attached hydrogens (primary N) is 1. The Kier molecular flexibility index (Phi) is 3.13. The first-order chi connectivity index (χ1) is 9.79. The molecule has 0 saturated carbocycles. The Balaban J connectivity index is 1.98. The summed E-state index contributed by atoms with van der Waals surface area (Å²) in [4.78, 5) is 0. The molecule has 20 heavy (non-hydrogen) atoms. The second kappa shape index (κ2) is 5.09. The molecule has 4 heteroatoms. The highest BCUT2D eigenvalue weighted by atomic mass is 16.5. The summed E-state index contributed by atoms with van der Waals surface area (Å²) in [6.45, 7) is 0. The minimum atomic E-state index is 0.631. The molecule has 0 spiro atoms. The monoisotopic (exact) mass is 265 g/mol. The van der Waals surface area contributed by atoms with Crippen LogP contribution in [0.25, 0.3) is 23.1 Å². The van der Waals surface area contributed by atoms with Crippen LogP contribution >= 0.6 is 0 Å². The Morgan fingerprint density at radius 1 is 1.10 bits per heavy atom. The van der Waals surface area contributed by atoms with Gasteiger partial charge < -0.3 is 10.5 Å². The number of nitrogen functional groups attached to an aromatic ring is 1. The van der Waals surface area contributed by atoms with E-state index in [1.165, 1.54) is 0 Å². The molecule has 0 radical (unpaired) electrons. The van der Waals surface area contributed by atoms with Crippen molar-refractivity contribution in [1.82, 2.24) is 10.2 Å². The van der Waals surface area contributed by atoms with Crippen molar-refractivity contribution in [3.8, 4) is 5.75 Å². The summed E-state index contributed by atoms with van der Waals surface area (Å²) in [7, 11) is 1.61. The molecule has 3 N–H and O–H groups in total. The second-order valence-electron chi connectivity index (χ2n) is 4.45. The van der Waals surface area contributed by atoms with Gasteiger partial charge in [-0.25, -0.2) is 0 Å². The summed E-state index contributed by atoms with van der Waals surface area (Å²) in [5.74, 6) is 0.680. The van der Waals surface area contributed by atoms with Crippen molar-refractivity contribution in [2.45, 2.75) is 0 Å². The first kappa shape index (κ1) is 12.3. The van der Waals surface area contributed by atoms with E-state index in [-0.39, 0.29) is 0 Å². The summed E-state index contributed by atoms with van der Waals surface area (Å²) in [5, 5.41) is 8.39. The van der Waals surface area contributed by atoms with Gasteiger partial charge in [0, 0.05) is 10.9 Å². The molecule has 3 rings (SSSR count). The normalized spacial score (nSPS) is 11.2. The molecule has 4 nitrogen and oxygen atoms in total. The lowest BCUT2D eigenvalue weighted by Crippen LogP contribution is -1.94. The fourth-order valence-corrected chi connectivity index (χ4v) is 2.16. The van der Waals surface area contributed by atoms with Gasteiger partial charge in [0.25, 0.3) is 0 Å². The fraction of sp³-hybridized carbons (Fsp3) is 0.0625. The van der Waals surface area contributed by atoms with E-state index in [1.807, 2.05) is 54.6 Å². The van der Waals surface area contributed by atoms with E-state index in [2.05, 4.69) is 10.2 Å². The summed E-state index contributed by atoms with van der Waals surface area (Å²) in [6.07, 6.45) is 3.89. The van der Waals surface area contributed by atoms with Gasteiger partial charge in [-0.05, 0) is 18.2 Å². The van der Waals surface area contributed by atoms with Gasteiger partial charge >= 0.3 is 0 Å². The molecule has 0 atom stereocenters. The van der Waals surface area contributed by atoms with Gasteiger partial charge in [0.1, 0.15) is 5.75 Å². The van der Waals surface area contributed by atoms with E-state index >= 15 is 0 Å². The Hall–Kier alpha value is -2.75. The first-order valence-corrected chi connectivity index (χ1v) is 6.33. The van der Waals surface area contributed by atoms with Crippen molar-refractivity contribution >= 4 is 28.7 Å². The van der Waals surface area contributed by atoms with Gasteiger partial charge in [-0.15, -0.1) is 0 Å². The van der Waals surface area contributed by atoms with E-state index in [0.29, 0.717) is 11.4 Å². The number of nitrogens with one attached hydrogen (secondary N) is 1. The van der Waals surface area contributed by atoms with Crippen molar-refractivity contribution in [2.75, 3.05) is 12.8 Å². The van der Waals surface area contributed by atoms with Crippen molar-refractivity contribution < 1.29 is 4.74 Å². The van der Waals surface area contributed by atoms with Crippen LogP contribution in [0.1, 0.15) is 11.3 Å². The zero-order chi connectivity index (χ0) is 13.9. The largest absolute Gasteiger partial charge is 0.495 e. The van der Waals surface area contributed by atoms with Crippen LogP contribution in [0.2, 0.25) is 0 Å². The molecule has 0 aliphatic carbocycles. The van der Waals surface area contributed by atoms with Crippen molar-refractivity contribution in [2.24, 2.45) is 0 Å². The van der Waals surface area contributed by atoms with Gasteiger partial charge in [-0.3, -0.25) is 5.10 Å². The number of ether oxygens (including phenoxy) is 1. The minimum absolute atomic E-state index is 0.631. The van der Waals surface area contributed by atoms with Crippen LogP contribution in [0.15, 0.2) is 42.5 Å². The third kappa shape index (κ3) is 2.12. The number of nitrogens with zero attached hydrogens (tertiary/aromatic N) is 1. The fourth-order valence-electron chi connectivity index (χ4n) is 2.16. The average Bonchev–Trinajstić information content (AvgIpc) is 2.89. The molecular weight excluding hydrogens is 250 g/mol. The standard InChI is InChI=1S/C16H15N3O/c1-20-15-8-4-5-11(16(15)17)9-10-14-12-6-2-3-7-13(12)18-19-14/h2-10H,17H2,1H3,(H,18,19)/b10-9+. The third-order valence-electron chi connectivity index (χ3n) is 3.24. The highest BCUT2D eigenvalue weighted by Gasteiger charge is 2.04. The maximum atomic E-state index is 6.04. The molecule has 0 aliphatic heterocycles. The number of H-pyrrole nitrogens is 1. The van der Waals surface area contributed by atoms with Gasteiger partial charge in [-0.2, -0.15) is 5.10 Å². The number of methoxy groups -OCH3 is 1. The molecule has 0 bridgehead atoms. The smallest absolute Gasteiger partial charge is 0.142 e. The van der Waals surface area contributed by atoms with Gasteiger partial charge in [0.15, 0.2) is 0 Å². The lowest BCUT2D eigenvalue weighted by Gasteiger charge is -2.06. The number of aromatic nitrogens is 2. The number of fused-ring (bicyclic) bond motifs is 1. The molecule has 0 saturated heterocycles. The Morgan fingerprint density at radius 2 is 1.95 bits per heavy atom. The number of hydrogen-bond acceptors (Lipinski definition) is 3. The van der Waals surface area contributed by atoms with Gasteiger partial charge in [0.05, 0.1) is 24.0 Å². The van der Waals surface area contributed by atoms with E-state index in [0.717, 1.165) is 22.2 Å². The first-order valence-electron chi connectivity index (χ1n) is 6.33. The van der Waals surface area contributed by atoms with Crippen LogP contribution < -0.4 is 10.5 Å². The molecule has 0 amide bonds. The maximum Gasteiger partial charge on any atom is 0.142 e. The lowest BCUT2D eigenvalue weighted by atomic mass is 10.1. The Labute approximate surface area is 116 Å². The minimum Gasteiger partial charge on any atom is -0.495 e. The summed E-state index contributed by atoms with van der Waals surface area (Å²) >= 11 is 0. The predicted octanol–water partition coefficient (Wildman–Crippen LogP) is 3.32. The van der Waals surface area contributed by atoms with Gasteiger partial charge in [-0.1, -0.05) is 36.4 Å². The molecule has 2 aromatic carbocycles. The molecular formula is C16H15N3O. The Morgan fingerprint density at radius 3 is 2.80 bits per heavy atom. The molecule has 0 unspecified atom stereocenters. The predicted molar refractivity (Wildman–Crippen MR) is 82.4 cm³/mol. The van der Waals surface area contributed by atoms with Crippen LogP contribution in [0.5, 0.6) is 5.75 Å². The number of rotatable bonds is 3.